The lowest BCUT2D eigenvalue weighted by molar-refractivity contribution is 0.0503. The number of hydrogen-bond donors (Lipinski definition) is 2. The Labute approximate surface area is 227 Å². The second kappa shape index (κ2) is 10.1. The van der Waals surface area contributed by atoms with Crippen molar-refractivity contribution in [3.05, 3.63) is 77.7 Å². The molecular formula is C29H32N4O5S. The van der Waals surface area contributed by atoms with Gasteiger partial charge in [-0.25, -0.2) is 17.2 Å². The Morgan fingerprint density at radius 1 is 1.15 bits per heavy atom. The van der Waals surface area contributed by atoms with Gasteiger partial charge in [0, 0.05) is 5.39 Å². The molecule has 2 heterocycles. The van der Waals surface area contributed by atoms with Crippen LogP contribution in [0.4, 0.5) is 4.79 Å². The SMILES string of the molecule is CC[C@@H](O)c1cnc(-c2cc3c4c(ccc3n2S(=O)(=O)c2ccccc2)[C@H](NC(=O)OC(C)(C)C)CC4)cn1. The number of carbonyl (C=O) groups is 1. The molecule has 5 rings (SSSR count). The van der Waals surface area contributed by atoms with Crippen LogP contribution in [0, 0.1) is 0 Å². The summed E-state index contributed by atoms with van der Waals surface area (Å²) >= 11 is 0. The quantitative estimate of drug-likeness (QED) is 0.336. The highest BCUT2D eigenvalue weighted by Gasteiger charge is 2.31. The molecule has 0 radical (unpaired) electrons. The predicted molar refractivity (Wildman–Crippen MR) is 148 cm³/mol. The highest BCUT2D eigenvalue weighted by atomic mass is 32.2. The monoisotopic (exact) mass is 548 g/mol. The minimum absolute atomic E-state index is 0.153. The highest BCUT2D eigenvalue weighted by Crippen LogP contribution is 2.40. The van der Waals surface area contributed by atoms with Gasteiger partial charge in [-0.2, -0.15) is 0 Å². The van der Waals surface area contributed by atoms with Gasteiger partial charge >= 0.3 is 6.09 Å². The van der Waals surface area contributed by atoms with E-state index in [-0.39, 0.29) is 10.9 Å². The van der Waals surface area contributed by atoms with Crippen molar-refractivity contribution < 1.29 is 23.1 Å². The predicted octanol–water partition coefficient (Wildman–Crippen LogP) is 5.29. The lowest BCUT2D eigenvalue weighted by Crippen LogP contribution is -2.34. The number of alkyl carbamates (subject to hydrolysis) is 1. The Morgan fingerprint density at radius 3 is 2.54 bits per heavy atom. The summed E-state index contributed by atoms with van der Waals surface area (Å²) in [7, 11) is -3.99. The van der Waals surface area contributed by atoms with E-state index in [1.54, 1.807) is 36.4 Å². The van der Waals surface area contributed by atoms with Crippen molar-refractivity contribution in [1.29, 1.82) is 0 Å². The second-order valence-corrected chi connectivity index (χ2v) is 12.5. The first kappa shape index (κ1) is 26.8. The average molecular weight is 549 g/mol. The van der Waals surface area contributed by atoms with Crippen molar-refractivity contribution in [2.24, 2.45) is 0 Å². The third kappa shape index (κ3) is 5.14. The number of aliphatic hydroxyl groups is 1. The summed E-state index contributed by atoms with van der Waals surface area (Å²) in [4.78, 5) is 21.5. The molecule has 2 N–H and O–H groups in total. The second-order valence-electron chi connectivity index (χ2n) is 10.7. The Kier molecular flexibility index (Phi) is 6.94. The van der Waals surface area contributed by atoms with E-state index in [9.17, 15) is 18.3 Å². The van der Waals surface area contributed by atoms with E-state index < -0.39 is 27.8 Å². The molecule has 0 bridgehead atoms. The first-order valence-electron chi connectivity index (χ1n) is 13.0. The van der Waals surface area contributed by atoms with E-state index in [4.69, 9.17) is 4.74 Å². The number of hydrogen-bond acceptors (Lipinski definition) is 7. The molecule has 4 aromatic rings. The van der Waals surface area contributed by atoms with Crippen molar-refractivity contribution in [2.45, 2.75) is 69.6 Å². The maximum absolute atomic E-state index is 14.0. The minimum Gasteiger partial charge on any atom is -0.444 e. The number of fused-ring (bicyclic) bond motifs is 3. The van der Waals surface area contributed by atoms with Gasteiger partial charge in [-0.3, -0.25) is 9.97 Å². The van der Waals surface area contributed by atoms with Gasteiger partial charge in [0.1, 0.15) is 11.3 Å². The van der Waals surface area contributed by atoms with Gasteiger partial charge in [-0.1, -0.05) is 31.2 Å². The van der Waals surface area contributed by atoms with Crippen molar-refractivity contribution in [2.75, 3.05) is 0 Å². The van der Waals surface area contributed by atoms with Gasteiger partial charge in [0.25, 0.3) is 10.0 Å². The van der Waals surface area contributed by atoms with Crippen LogP contribution in [0.15, 0.2) is 65.8 Å². The van der Waals surface area contributed by atoms with E-state index in [0.29, 0.717) is 41.9 Å². The number of nitrogens with one attached hydrogen (secondary N) is 1. The van der Waals surface area contributed by atoms with Crippen LogP contribution in [0.3, 0.4) is 0 Å². The summed E-state index contributed by atoms with van der Waals surface area (Å²) in [6.07, 6.45) is 3.55. The van der Waals surface area contributed by atoms with Crippen LogP contribution in [0.5, 0.6) is 0 Å². The van der Waals surface area contributed by atoms with Crippen molar-refractivity contribution >= 4 is 27.0 Å². The molecule has 10 heteroatoms. The zero-order valence-corrected chi connectivity index (χ0v) is 23.2. The minimum atomic E-state index is -3.99. The van der Waals surface area contributed by atoms with E-state index in [1.807, 2.05) is 39.8 Å². The normalized spacial score (nSPS) is 16.2. The van der Waals surface area contributed by atoms with Crippen molar-refractivity contribution in [3.63, 3.8) is 0 Å². The number of carbonyl (C=O) groups excluding carboxylic acids is 1. The first-order chi connectivity index (χ1) is 18.5. The molecular weight excluding hydrogens is 516 g/mol. The van der Waals surface area contributed by atoms with Gasteiger partial charge in [0.05, 0.1) is 46.3 Å². The average Bonchev–Trinajstić information content (AvgIpc) is 3.49. The molecule has 0 saturated carbocycles. The molecule has 0 unspecified atom stereocenters. The molecule has 2 aromatic heterocycles. The summed E-state index contributed by atoms with van der Waals surface area (Å²) in [6.45, 7) is 7.29. The number of rotatable bonds is 6. The number of benzene rings is 2. The van der Waals surface area contributed by atoms with Crippen molar-refractivity contribution in [1.82, 2.24) is 19.3 Å². The fraction of sp³-hybridized carbons (Fsp3) is 0.345. The number of amides is 1. The standard InChI is InChI=1S/C29H32N4O5S/c1-5-27(34)24-17-30-23(16-31-24)26-15-21-19-11-13-22(32-28(35)38-29(2,3)4)20(19)12-14-25(21)33(26)39(36,37)18-9-7-6-8-10-18/h6-10,12,14-17,22,27,34H,5,11,13H2,1-4H3,(H,32,35)/t22-,27-/m1/s1. The van der Waals surface area contributed by atoms with Crippen LogP contribution >= 0.6 is 0 Å². The van der Waals surface area contributed by atoms with Crippen LogP contribution in [-0.2, 0) is 21.2 Å². The molecule has 1 aliphatic rings. The zero-order valence-electron chi connectivity index (χ0n) is 22.4. The molecule has 0 aliphatic heterocycles. The van der Waals surface area contributed by atoms with Crippen LogP contribution in [0.1, 0.15) is 69.5 Å². The van der Waals surface area contributed by atoms with E-state index in [2.05, 4.69) is 15.3 Å². The molecule has 0 fully saturated rings. The van der Waals surface area contributed by atoms with Gasteiger partial charge in [0.15, 0.2) is 0 Å². The number of ether oxygens (including phenoxy) is 1. The third-order valence-corrected chi connectivity index (χ3v) is 8.52. The third-order valence-electron chi connectivity index (χ3n) is 6.78. The molecule has 9 nitrogen and oxygen atoms in total. The molecule has 1 aliphatic carbocycles. The van der Waals surface area contributed by atoms with Gasteiger partial charge in [0.2, 0.25) is 0 Å². The zero-order chi connectivity index (χ0) is 27.9. The number of aryl methyl sites for hydroxylation is 1. The van der Waals surface area contributed by atoms with Crippen LogP contribution in [-0.4, -0.2) is 39.2 Å². The Bertz CT molecular complexity index is 1620. The fourth-order valence-corrected chi connectivity index (χ4v) is 6.50. The molecule has 39 heavy (non-hydrogen) atoms. The smallest absolute Gasteiger partial charge is 0.408 e. The summed E-state index contributed by atoms with van der Waals surface area (Å²) < 4.78 is 34.7. The largest absolute Gasteiger partial charge is 0.444 e. The van der Waals surface area contributed by atoms with Gasteiger partial charge in [-0.15, -0.1) is 0 Å². The number of aliphatic hydroxyl groups excluding tert-OH is 1. The van der Waals surface area contributed by atoms with E-state index in [1.165, 1.54) is 16.4 Å². The molecule has 1 amide bonds. The Hall–Kier alpha value is -3.76. The Morgan fingerprint density at radius 2 is 1.90 bits per heavy atom. The fourth-order valence-electron chi connectivity index (χ4n) is 4.97. The molecule has 204 valence electrons. The highest BCUT2D eigenvalue weighted by molar-refractivity contribution is 7.90. The van der Waals surface area contributed by atoms with E-state index in [0.717, 1.165) is 16.5 Å². The lowest BCUT2D eigenvalue weighted by Gasteiger charge is -2.22. The first-order valence-corrected chi connectivity index (χ1v) is 14.4. The summed E-state index contributed by atoms with van der Waals surface area (Å²) in [6, 6.07) is 13.5. The summed E-state index contributed by atoms with van der Waals surface area (Å²) in [5, 5.41) is 13.9. The van der Waals surface area contributed by atoms with Crippen LogP contribution < -0.4 is 5.32 Å². The topological polar surface area (TPSA) is 123 Å². The molecule has 0 spiro atoms. The molecule has 2 aromatic carbocycles. The molecule has 2 atom stereocenters. The van der Waals surface area contributed by atoms with Crippen LogP contribution in [0.2, 0.25) is 0 Å². The van der Waals surface area contributed by atoms with E-state index >= 15 is 0 Å². The lowest BCUT2D eigenvalue weighted by atomic mass is 10.0. The Balaban J connectivity index is 1.65. The maximum Gasteiger partial charge on any atom is 0.408 e. The maximum atomic E-state index is 14.0. The number of nitrogens with zero attached hydrogens (tertiary/aromatic N) is 3. The summed E-state index contributed by atoms with van der Waals surface area (Å²) in [5.41, 5.74) is 2.97. The molecule has 0 saturated heterocycles. The van der Waals surface area contributed by atoms with Crippen LogP contribution in [0.25, 0.3) is 22.3 Å². The summed E-state index contributed by atoms with van der Waals surface area (Å²) in [5.74, 6) is 0. The van der Waals surface area contributed by atoms with Gasteiger partial charge in [-0.05, 0) is 75.4 Å². The van der Waals surface area contributed by atoms with Gasteiger partial charge < -0.3 is 15.2 Å². The number of aromatic nitrogens is 3. The van der Waals surface area contributed by atoms with Crippen molar-refractivity contribution in [3.8, 4) is 11.4 Å².